The van der Waals surface area contributed by atoms with Crippen molar-refractivity contribution in [1.29, 1.82) is 0 Å². The predicted molar refractivity (Wildman–Crippen MR) is 67.3 cm³/mol. The van der Waals surface area contributed by atoms with Crippen molar-refractivity contribution in [2.45, 2.75) is 57.3 Å². The Kier molecular flexibility index (Phi) is 4.78. The van der Waals surface area contributed by atoms with Crippen LogP contribution >= 0.6 is 0 Å². The van der Waals surface area contributed by atoms with Crippen LogP contribution in [0.4, 0.5) is 0 Å². The van der Waals surface area contributed by atoms with Gasteiger partial charge in [0.25, 0.3) is 0 Å². The first-order valence-electron chi connectivity index (χ1n) is 6.81. The molecule has 102 valence electrons. The van der Waals surface area contributed by atoms with Crippen LogP contribution in [0.2, 0.25) is 0 Å². The predicted octanol–water partition coefficient (Wildman–Crippen LogP) is 2.22. The second-order valence-electron chi connectivity index (χ2n) is 5.05. The summed E-state index contributed by atoms with van der Waals surface area (Å²) in [5, 5.41) is 0. The minimum atomic E-state index is -0.332. The van der Waals surface area contributed by atoms with Crippen LogP contribution in [0.1, 0.15) is 39.0 Å². The Morgan fingerprint density at radius 3 is 2.06 bits per heavy atom. The lowest BCUT2D eigenvalue weighted by Crippen LogP contribution is -2.29. The molecule has 0 saturated heterocycles. The van der Waals surface area contributed by atoms with E-state index in [4.69, 9.17) is 14.2 Å². The quantitative estimate of drug-likeness (QED) is 0.467. The molecule has 2 saturated carbocycles. The molecule has 0 bridgehead atoms. The lowest BCUT2D eigenvalue weighted by molar-refractivity contribution is -0.152. The number of rotatable bonds is 9. The van der Waals surface area contributed by atoms with Gasteiger partial charge in [-0.05, 0) is 32.1 Å². The Balaban J connectivity index is 1.73. The van der Waals surface area contributed by atoms with Gasteiger partial charge in [0.2, 0.25) is 0 Å². The zero-order valence-corrected chi connectivity index (χ0v) is 11.0. The van der Waals surface area contributed by atoms with E-state index >= 15 is 0 Å². The average molecular weight is 254 g/mol. The molecule has 2 aliphatic rings. The molecule has 4 heteroatoms. The molecular formula is C14H22O4. The van der Waals surface area contributed by atoms with Crippen molar-refractivity contribution < 1.29 is 19.0 Å². The van der Waals surface area contributed by atoms with Crippen molar-refractivity contribution in [2.24, 2.45) is 0 Å². The van der Waals surface area contributed by atoms with Crippen molar-refractivity contribution in [1.82, 2.24) is 0 Å². The third-order valence-corrected chi connectivity index (χ3v) is 3.07. The van der Waals surface area contributed by atoms with Gasteiger partial charge in [-0.15, -0.1) is 0 Å². The van der Waals surface area contributed by atoms with Crippen molar-refractivity contribution in [3.63, 3.8) is 0 Å². The topological polar surface area (TPSA) is 44.8 Å². The molecule has 2 fully saturated rings. The highest BCUT2D eigenvalue weighted by Gasteiger charge is 2.28. The SMILES string of the molecule is C=C(CC)C(=O)OC(COC1CC1)COC1CC1. The van der Waals surface area contributed by atoms with Gasteiger partial charge >= 0.3 is 5.97 Å². The molecule has 2 aliphatic carbocycles. The molecule has 2 rings (SSSR count). The third-order valence-electron chi connectivity index (χ3n) is 3.07. The average Bonchev–Trinajstić information content (AvgIpc) is 3.25. The summed E-state index contributed by atoms with van der Waals surface area (Å²) in [6.45, 7) is 6.44. The van der Waals surface area contributed by atoms with Gasteiger partial charge in [0.1, 0.15) is 6.10 Å². The van der Waals surface area contributed by atoms with E-state index in [2.05, 4.69) is 6.58 Å². The van der Waals surface area contributed by atoms with E-state index in [1.165, 1.54) is 0 Å². The molecule has 18 heavy (non-hydrogen) atoms. The van der Waals surface area contributed by atoms with E-state index < -0.39 is 0 Å². The van der Waals surface area contributed by atoms with Crippen molar-refractivity contribution in [2.75, 3.05) is 13.2 Å². The molecule has 4 nitrogen and oxygen atoms in total. The van der Waals surface area contributed by atoms with Crippen molar-refractivity contribution in [3.8, 4) is 0 Å². The Labute approximate surface area is 108 Å². The molecular weight excluding hydrogens is 232 g/mol. The molecule has 0 unspecified atom stereocenters. The van der Waals surface area contributed by atoms with Crippen LogP contribution in [0.3, 0.4) is 0 Å². The second kappa shape index (κ2) is 6.34. The smallest absolute Gasteiger partial charge is 0.333 e. The number of carbonyl (C=O) groups excluding carboxylic acids is 1. The number of ether oxygens (including phenoxy) is 3. The highest BCUT2D eigenvalue weighted by Crippen LogP contribution is 2.25. The first-order valence-corrected chi connectivity index (χ1v) is 6.81. The van der Waals surface area contributed by atoms with Crippen LogP contribution in [0, 0.1) is 0 Å². The number of esters is 1. The van der Waals surface area contributed by atoms with E-state index in [1.54, 1.807) is 0 Å². The van der Waals surface area contributed by atoms with Gasteiger partial charge in [-0.25, -0.2) is 4.79 Å². The fraction of sp³-hybridized carbons (Fsp3) is 0.786. The van der Waals surface area contributed by atoms with Gasteiger partial charge < -0.3 is 14.2 Å². The highest BCUT2D eigenvalue weighted by atomic mass is 16.6. The molecule has 0 aliphatic heterocycles. The number of hydrogen-bond acceptors (Lipinski definition) is 4. The molecule has 0 aromatic carbocycles. The summed E-state index contributed by atoms with van der Waals surface area (Å²) in [5.41, 5.74) is 0.498. The lowest BCUT2D eigenvalue weighted by Gasteiger charge is -2.18. The summed E-state index contributed by atoms with van der Waals surface area (Å²) < 4.78 is 16.6. The summed E-state index contributed by atoms with van der Waals surface area (Å²) >= 11 is 0. The van der Waals surface area contributed by atoms with Gasteiger partial charge in [0, 0.05) is 5.57 Å². The largest absolute Gasteiger partial charge is 0.454 e. The van der Waals surface area contributed by atoms with Crippen LogP contribution in [0.15, 0.2) is 12.2 Å². The minimum absolute atomic E-state index is 0.304. The Bertz CT molecular complexity index is 289. The van der Waals surface area contributed by atoms with Crippen LogP contribution < -0.4 is 0 Å². The minimum Gasteiger partial charge on any atom is -0.454 e. The molecule has 0 heterocycles. The van der Waals surface area contributed by atoms with Gasteiger partial charge in [-0.2, -0.15) is 0 Å². The Morgan fingerprint density at radius 2 is 1.67 bits per heavy atom. The van der Waals surface area contributed by atoms with E-state index in [-0.39, 0.29) is 12.1 Å². The van der Waals surface area contributed by atoms with Crippen LogP contribution in [-0.4, -0.2) is 37.5 Å². The monoisotopic (exact) mass is 254 g/mol. The fourth-order valence-corrected chi connectivity index (χ4v) is 1.45. The molecule has 0 radical (unpaired) electrons. The Morgan fingerprint density at radius 1 is 1.17 bits per heavy atom. The summed E-state index contributed by atoms with van der Waals surface area (Å²) in [6, 6.07) is 0. The molecule has 0 aromatic heterocycles. The first-order chi connectivity index (χ1) is 8.69. The number of carbonyl (C=O) groups is 1. The normalized spacial score (nSPS) is 19.0. The first kappa shape index (κ1) is 13.6. The third kappa shape index (κ3) is 4.78. The van der Waals surface area contributed by atoms with E-state index in [0.29, 0.717) is 37.4 Å². The summed E-state index contributed by atoms with van der Waals surface area (Å²) in [5.74, 6) is -0.332. The zero-order valence-electron chi connectivity index (χ0n) is 11.0. The standard InChI is InChI=1S/C14H22O4/c1-3-10(2)14(15)18-13(8-16-11-4-5-11)9-17-12-6-7-12/h11-13H,2-9H2,1H3. The Hall–Kier alpha value is -0.870. The van der Waals surface area contributed by atoms with Gasteiger partial charge in [0.05, 0.1) is 25.4 Å². The van der Waals surface area contributed by atoms with E-state index in [1.807, 2.05) is 6.92 Å². The summed E-state index contributed by atoms with van der Waals surface area (Å²) in [6.07, 6.45) is 5.50. The van der Waals surface area contributed by atoms with Gasteiger partial charge in [-0.1, -0.05) is 13.5 Å². The van der Waals surface area contributed by atoms with Crippen molar-refractivity contribution in [3.05, 3.63) is 12.2 Å². The number of hydrogen-bond donors (Lipinski definition) is 0. The maximum Gasteiger partial charge on any atom is 0.333 e. The van der Waals surface area contributed by atoms with Crippen molar-refractivity contribution >= 4 is 5.97 Å². The molecule has 0 atom stereocenters. The zero-order chi connectivity index (χ0) is 13.0. The maximum atomic E-state index is 11.7. The van der Waals surface area contributed by atoms with Crippen LogP contribution in [0.25, 0.3) is 0 Å². The van der Waals surface area contributed by atoms with Gasteiger partial charge in [0.15, 0.2) is 0 Å². The highest BCUT2D eigenvalue weighted by molar-refractivity contribution is 5.87. The molecule has 0 spiro atoms. The second-order valence-corrected chi connectivity index (χ2v) is 5.05. The van der Waals surface area contributed by atoms with Crippen LogP contribution in [0.5, 0.6) is 0 Å². The molecule has 0 amide bonds. The maximum absolute atomic E-state index is 11.7. The summed E-state index contributed by atoms with van der Waals surface area (Å²) in [7, 11) is 0. The molecule has 0 aromatic rings. The van der Waals surface area contributed by atoms with Crippen LogP contribution in [-0.2, 0) is 19.0 Å². The van der Waals surface area contributed by atoms with Gasteiger partial charge in [-0.3, -0.25) is 0 Å². The molecule has 0 N–H and O–H groups in total. The van der Waals surface area contributed by atoms with E-state index in [0.717, 1.165) is 25.7 Å². The lowest BCUT2D eigenvalue weighted by atomic mass is 10.2. The summed E-state index contributed by atoms with van der Waals surface area (Å²) in [4.78, 5) is 11.7. The fourth-order valence-electron chi connectivity index (χ4n) is 1.45. The van der Waals surface area contributed by atoms with E-state index in [9.17, 15) is 4.79 Å².